The van der Waals surface area contributed by atoms with Crippen molar-refractivity contribution in [2.75, 3.05) is 25.0 Å². The molecule has 1 aliphatic rings. The van der Waals surface area contributed by atoms with E-state index >= 15 is 0 Å². The van der Waals surface area contributed by atoms with Crippen LogP contribution in [0.15, 0.2) is 42.5 Å². The highest BCUT2D eigenvalue weighted by atomic mass is 35.5. The van der Waals surface area contributed by atoms with Crippen LogP contribution in [0, 0.1) is 11.7 Å². The maximum absolute atomic E-state index is 13.7. The lowest BCUT2D eigenvalue weighted by Gasteiger charge is -2.19. The maximum atomic E-state index is 13.7. The van der Waals surface area contributed by atoms with Crippen molar-refractivity contribution in [3.05, 3.63) is 53.3 Å². The number of rotatable bonds is 3. The van der Waals surface area contributed by atoms with E-state index in [-0.39, 0.29) is 24.4 Å². The highest BCUT2D eigenvalue weighted by molar-refractivity contribution is 6.30. The van der Waals surface area contributed by atoms with E-state index in [1.807, 2.05) is 0 Å². The second-order valence-corrected chi connectivity index (χ2v) is 6.35. The molecule has 1 aliphatic heterocycles. The Bertz CT molecular complexity index is 736. The molecule has 1 saturated heterocycles. The van der Waals surface area contributed by atoms with Gasteiger partial charge in [-0.1, -0.05) is 23.7 Å². The number of nitrogens with one attached hydrogen (secondary N) is 1. The summed E-state index contributed by atoms with van der Waals surface area (Å²) in [7, 11) is 0. The van der Waals surface area contributed by atoms with Crippen molar-refractivity contribution in [3.63, 3.8) is 0 Å². The Morgan fingerprint density at radius 2 is 2.04 bits per heavy atom. The highest BCUT2D eigenvalue weighted by Gasteiger charge is 2.26. The van der Waals surface area contributed by atoms with Crippen LogP contribution in [0.5, 0.6) is 0 Å². The van der Waals surface area contributed by atoms with E-state index in [2.05, 4.69) is 5.32 Å². The number of likely N-dealkylation sites (tertiary alicyclic amines) is 1. The molecule has 0 radical (unpaired) electrons. The minimum Gasteiger partial charge on any atom is -0.396 e. The summed E-state index contributed by atoms with van der Waals surface area (Å²) in [6, 6.07) is 11.0. The smallest absolute Gasteiger partial charge is 0.321 e. The van der Waals surface area contributed by atoms with Gasteiger partial charge in [-0.2, -0.15) is 0 Å². The summed E-state index contributed by atoms with van der Waals surface area (Å²) in [5.41, 5.74) is 1.90. The predicted octanol–water partition coefficient (Wildman–Crippen LogP) is 3.99. The van der Waals surface area contributed by atoms with E-state index in [1.165, 1.54) is 12.1 Å². The third-order valence-corrected chi connectivity index (χ3v) is 4.46. The Labute approximate surface area is 144 Å². The van der Waals surface area contributed by atoms with Crippen molar-refractivity contribution in [1.82, 2.24) is 4.90 Å². The maximum Gasteiger partial charge on any atom is 0.321 e. The van der Waals surface area contributed by atoms with Crippen molar-refractivity contribution in [2.24, 2.45) is 5.92 Å². The number of carbonyl (C=O) groups is 1. The van der Waals surface area contributed by atoms with E-state index in [9.17, 15) is 14.3 Å². The number of anilines is 1. The lowest BCUT2D eigenvalue weighted by atomic mass is 10.0. The lowest BCUT2D eigenvalue weighted by Crippen LogP contribution is -2.33. The van der Waals surface area contributed by atoms with Crippen LogP contribution in [-0.2, 0) is 0 Å². The van der Waals surface area contributed by atoms with Gasteiger partial charge >= 0.3 is 6.03 Å². The normalized spacial score (nSPS) is 17.1. The average Bonchev–Trinajstić information content (AvgIpc) is 3.06. The molecule has 0 aromatic heterocycles. The summed E-state index contributed by atoms with van der Waals surface area (Å²) in [6.07, 6.45) is 0.789. The Hall–Kier alpha value is -2.11. The number of carbonyl (C=O) groups excluding carboxylic acids is 1. The molecule has 1 atom stereocenters. The zero-order valence-electron chi connectivity index (χ0n) is 13.0. The SMILES string of the molecule is O=C(Nc1ccc(F)cc1-c1ccc(Cl)cc1)N1CC[C@@H](CO)C1. The molecule has 1 heterocycles. The molecular weight excluding hydrogens is 331 g/mol. The first-order valence-electron chi connectivity index (χ1n) is 7.79. The number of benzene rings is 2. The standard InChI is InChI=1S/C18H18ClFN2O2/c19-14-3-1-13(2-4-14)16-9-15(20)5-6-17(16)21-18(24)22-8-7-12(10-22)11-23/h1-6,9,12,23H,7-8,10-11H2,(H,21,24)/t12-/m1/s1. The number of hydrogen-bond acceptors (Lipinski definition) is 2. The van der Waals surface area contributed by atoms with Gasteiger partial charge in [0.05, 0.1) is 5.69 Å². The van der Waals surface area contributed by atoms with Crippen molar-refractivity contribution >= 4 is 23.3 Å². The molecule has 2 amide bonds. The van der Waals surface area contributed by atoms with Gasteiger partial charge in [0.25, 0.3) is 0 Å². The van der Waals surface area contributed by atoms with Gasteiger partial charge < -0.3 is 15.3 Å². The fourth-order valence-electron chi connectivity index (χ4n) is 2.85. The number of aliphatic hydroxyl groups excluding tert-OH is 1. The fraction of sp³-hybridized carbons (Fsp3) is 0.278. The number of hydrogen-bond donors (Lipinski definition) is 2. The van der Waals surface area contributed by atoms with Crippen LogP contribution in [0.3, 0.4) is 0 Å². The molecule has 24 heavy (non-hydrogen) atoms. The molecule has 0 aliphatic carbocycles. The van der Waals surface area contributed by atoms with E-state index in [4.69, 9.17) is 11.6 Å². The first-order valence-corrected chi connectivity index (χ1v) is 8.17. The first-order chi connectivity index (χ1) is 11.6. The van der Waals surface area contributed by atoms with E-state index in [1.54, 1.807) is 35.2 Å². The van der Waals surface area contributed by atoms with Gasteiger partial charge in [0.2, 0.25) is 0 Å². The number of halogens is 2. The molecule has 2 aromatic carbocycles. The number of urea groups is 1. The number of nitrogens with zero attached hydrogens (tertiary/aromatic N) is 1. The lowest BCUT2D eigenvalue weighted by molar-refractivity contribution is 0.209. The largest absolute Gasteiger partial charge is 0.396 e. The molecule has 0 bridgehead atoms. The van der Waals surface area contributed by atoms with Crippen molar-refractivity contribution in [3.8, 4) is 11.1 Å². The third-order valence-electron chi connectivity index (χ3n) is 4.21. The van der Waals surface area contributed by atoms with Crippen molar-refractivity contribution in [1.29, 1.82) is 0 Å². The number of amides is 2. The van der Waals surface area contributed by atoms with Gasteiger partial charge in [-0.05, 0) is 42.3 Å². The Morgan fingerprint density at radius 1 is 1.29 bits per heavy atom. The topological polar surface area (TPSA) is 52.6 Å². The molecule has 126 valence electrons. The molecule has 0 spiro atoms. The van der Waals surface area contributed by atoms with Gasteiger partial charge in [0.15, 0.2) is 0 Å². The summed E-state index contributed by atoms with van der Waals surface area (Å²) < 4.78 is 13.7. The van der Waals surface area contributed by atoms with E-state index in [0.717, 1.165) is 12.0 Å². The molecule has 2 aromatic rings. The van der Waals surface area contributed by atoms with Crippen molar-refractivity contribution in [2.45, 2.75) is 6.42 Å². The van der Waals surface area contributed by atoms with E-state index in [0.29, 0.717) is 29.4 Å². The Morgan fingerprint density at radius 3 is 2.71 bits per heavy atom. The molecule has 6 heteroatoms. The van der Waals surface area contributed by atoms with Gasteiger partial charge in [-0.15, -0.1) is 0 Å². The Balaban J connectivity index is 1.83. The molecule has 0 unspecified atom stereocenters. The quantitative estimate of drug-likeness (QED) is 0.881. The number of aliphatic hydroxyl groups is 1. The van der Waals surface area contributed by atoms with E-state index < -0.39 is 0 Å². The molecular formula is C18H18ClFN2O2. The van der Waals surface area contributed by atoms with Gasteiger partial charge in [-0.3, -0.25) is 0 Å². The third kappa shape index (κ3) is 3.68. The molecule has 3 rings (SSSR count). The van der Waals surface area contributed by atoms with Crippen LogP contribution in [-0.4, -0.2) is 35.7 Å². The van der Waals surface area contributed by atoms with Crippen LogP contribution < -0.4 is 5.32 Å². The van der Waals surface area contributed by atoms with Gasteiger partial charge in [-0.25, -0.2) is 9.18 Å². The van der Waals surface area contributed by atoms with Crippen LogP contribution in [0.1, 0.15) is 6.42 Å². The average molecular weight is 349 g/mol. The van der Waals surface area contributed by atoms with Crippen LogP contribution >= 0.6 is 11.6 Å². The van der Waals surface area contributed by atoms with Crippen LogP contribution in [0.4, 0.5) is 14.9 Å². The second kappa shape index (κ2) is 7.20. The molecule has 2 N–H and O–H groups in total. The van der Waals surface area contributed by atoms with Crippen LogP contribution in [0.2, 0.25) is 5.02 Å². The minimum absolute atomic E-state index is 0.0797. The summed E-state index contributed by atoms with van der Waals surface area (Å²) in [5.74, 6) is -0.251. The summed E-state index contributed by atoms with van der Waals surface area (Å²) in [5, 5.41) is 12.6. The monoisotopic (exact) mass is 348 g/mol. The van der Waals surface area contributed by atoms with Crippen LogP contribution in [0.25, 0.3) is 11.1 Å². The predicted molar refractivity (Wildman–Crippen MR) is 92.6 cm³/mol. The minimum atomic E-state index is -0.375. The zero-order valence-corrected chi connectivity index (χ0v) is 13.8. The highest BCUT2D eigenvalue weighted by Crippen LogP contribution is 2.30. The second-order valence-electron chi connectivity index (χ2n) is 5.91. The van der Waals surface area contributed by atoms with Crippen molar-refractivity contribution < 1.29 is 14.3 Å². The van der Waals surface area contributed by atoms with Gasteiger partial charge in [0, 0.05) is 36.2 Å². The fourth-order valence-corrected chi connectivity index (χ4v) is 2.98. The summed E-state index contributed by atoms with van der Waals surface area (Å²) in [6.45, 7) is 1.21. The molecule has 4 nitrogen and oxygen atoms in total. The summed E-state index contributed by atoms with van der Waals surface area (Å²) in [4.78, 5) is 14.1. The Kier molecular flexibility index (Phi) is 5.02. The zero-order chi connectivity index (χ0) is 17.1. The van der Waals surface area contributed by atoms with Gasteiger partial charge in [0.1, 0.15) is 5.82 Å². The molecule has 0 saturated carbocycles. The molecule has 1 fully saturated rings. The first kappa shape index (κ1) is 16.7. The summed E-state index contributed by atoms with van der Waals surface area (Å²) >= 11 is 5.90.